The maximum Gasteiger partial charge on any atom is 0.387 e. The number of alkyl halides is 2. The van der Waals surface area contributed by atoms with Crippen molar-refractivity contribution < 1.29 is 50.1 Å². The molecule has 0 aliphatic carbocycles. The average Bonchev–Trinajstić information content (AvgIpc) is 2.86. The van der Waals surface area contributed by atoms with Crippen LogP contribution in [-0.4, -0.2) is 26.6 Å². The van der Waals surface area contributed by atoms with Crippen LogP contribution in [0.3, 0.4) is 0 Å². The Labute approximate surface area is 201 Å². The molecule has 0 radical (unpaired) electrons. The van der Waals surface area contributed by atoms with Gasteiger partial charge in [-0.25, -0.2) is 8.78 Å². The summed E-state index contributed by atoms with van der Waals surface area (Å²) in [6.45, 7) is -3.58. The van der Waals surface area contributed by atoms with Crippen LogP contribution in [0.4, 0.5) is 26.3 Å². The Kier molecular flexibility index (Phi) is 8.46. The van der Waals surface area contributed by atoms with Crippen molar-refractivity contribution >= 4 is 11.9 Å². The monoisotopic (exact) mass is 512 g/mol. The summed E-state index contributed by atoms with van der Waals surface area (Å²) in [6.07, 6.45) is 2.60. The van der Waals surface area contributed by atoms with E-state index in [9.17, 15) is 31.1 Å². The molecule has 0 spiro atoms. The van der Waals surface area contributed by atoms with Gasteiger partial charge in [-0.05, 0) is 42.0 Å². The van der Waals surface area contributed by atoms with E-state index in [4.69, 9.17) is 14.2 Å². The highest BCUT2D eigenvalue weighted by molar-refractivity contribution is 6.07. The molecule has 0 N–H and O–H groups in total. The second-order valence-corrected chi connectivity index (χ2v) is 7.10. The molecular formula is C25H18F6O5. The van der Waals surface area contributed by atoms with Crippen molar-refractivity contribution in [2.45, 2.75) is 13.2 Å². The predicted molar refractivity (Wildman–Crippen MR) is 117 cm³/mol. The molecule has 0 aliphatic rings. The van der Waals surface area contributed by atoms with Crippen molar-refractivity contribution in [2.75, 3.05) is 14.2 Å². The Morgan fingerprint density at radius 1 is 0.861 bits per heavy atom. The molecule has 3 aromatic rings. The van der Waals surface area contributed by atoms with Crippen molar-refractivity contribution in [3.8, 4) is 23.0 Å². The number of hydrogen-bond acceptors (Lipinski definition) is 5. The van der Waals surface area contributed by atoms with Crippen LogP contribution in [0.2, 0.25) is 0 Å². The number of rotatable bonds is 10. The van der Waals surface area contributed by atoms with Crippen molar-refractivity contribution in [2.24, 2.45) is 0 Å². The van der Waals surface area contributed by atoms with Crippen molar-refractivity contribution in [3.63, 3.8) is 0 Å². The Balaban J connectivity index is 1.80. The minimum atomic E-state index is -3.07. The second kappa shape index (κ2) is 11.5. The predicted octanol–water partition coefficient (Wildman–Crippen LogP) is 6.34. The molecule has 5 nitrogen and oxygen atoms in total. The van der Waals surface area contributed by atoms with Gasteiger partial charge >= 0.3 is 6.61 Å². The van der Waals surface area contributed by atoms with E-state index in [1.165, 1.54) is 56.7 Å². The number of ether oxygens (including phenoxy) is 4. The number of carbonyl (C=O) groups excluding carboxylic acids is 1. The number of halogens is 6. The first kappa shape index (κ1) is 26.5. The second-order valence-electron chi connectivity index (χ2n) is 7.10. The van der Waals surface area contributed by atoms with Gasteiger partial charge in [-0.2, -0.15) is 17.6 Å². The molecule has 11 heteroatoms. The fourth-order valence-corrected chi connectivity index (χ4v) is 3.13. The molecule has 0 aromatic heterocycles. The number of methoxy groups -OCH3 is 2. The van der Waals surface area contributed by atoms with Gasteiger partial charge in [-0.1, -0.05) is 12.1 Å². The van der Waals surface area contributed by atoms with Gasteiger partial charge in [-0.3, -0.25) is 4.79 Å². The van der Waals surface area contributed by atoms with Gasteiger partial charge in [0.15, 0.2) is 34.7 Å². The van der Waals surface area contributed by atoms with E-state index in [-0.39, 0.29) is 34.4 Å². The lowest BCUT2D eigenvalue weighted by Crippen LogP contribution is -2.05. The van der Waals surface area contributed by atoms with E-state index >= 15 is 0 Å². The van der Waals surface area contributed by atoms with Crippen LogP contribution >= 0.6 is 0 Å². The van der Waals surface area contributed by atoms with Crippen LogP contribution in [0.5, 0.6) is 23.0 Å². The van der Waals surface area contributed by atoms with Crippen LogP contribution < -0.4 is 18.9 Å². The van der Waals surface area contributed by atoms with E-state index < -0.39 is 48.0 Å². The number of benzene rings is 3. The van der Waals surface area contributed by atoms with Gasteiger partial charge in [0.05, 0.1) is 14.2 Å². The van der Waals surface area contributed by atoms with E-state index in [1.807, 2.05) is 0 Å². The van der Waals surface area contributed by atoms with E-state index in [2.05, 4.69) is 4.74 Å². The number of hydrogen-bond donors (Lipinski definition) is 0. The summed E-state index contributed by atoms with van der Waals surface area (Å²) in [4.78, 5) is 12.5. The van der Waals surface area contributed by atoms with Gasteiger partial charge in [0, 0.05) is 17.2 Å². The molecule has 0 saturated heterocycles. The fourth-order valence-electron chi connectivity index (χ4n) is 3.13. The maximum absolute atomic E-state index is 13.9. The lowest BCUT2D eigenvalue weighted by molar-refractivity contribution is -0.0512. The topological polar surface area (TPSA) is 54.0 Å². The number of allylic oxidation sites excluding steroid dienone is 1. The molecular weight excluding hydrogens is 494 g/mol. The first-order valence-corrected chi connectivity index (χ1v) is 10.1. The third-order valence-electron chi connectivity index (χ3n) is 4.84. The third kappa shape index (κ3) is 6.09. The van der Waals surface area contributed by atoms with Crippen LogP contribution in [0.25, 0.3) is 6.08 Å². The van der Waals surface area contributed by atoms with Gasteiger partial charge in [0.25, 0.3) is 0 Å². The van der Waals surface area contributed by atoms with Crippen LogP contribution in [0.1, 0.15) is 21.5 Å². The highest BCUT2D eigenvalue weighted by atomic mass is 19.3. The van der Waals surface area contributed by atoms with Crippen LogP contribution in [-0.2, 0) is 6.61 Å². The first-order chi connectivity index (χ1) is 17.1. The van der Waals surface area contributed by atoms with Crippen LogP contribution in [0, 0.1) is 23.3 Å². The summed E-state index contributed by atoms with van der Waals surface area (Å²) >= 11 is 0. The zero-order chi connectivity index (χ0) is 26.4. The quantitative estimate of drug-likeness (QED) is 0.137. The average molecular weight is 512 g/mol. The van der Waals surface area contributed by atoms with Crippen molar-refractivity contribution in [1.82, 2.24) is 0 Å². The Morgan fingerprint density at radius 3 is 2.11 bits per heavy atom. The zero-order valence-corrected chi connectivity index (χ0v) is 18.8. The molecule has 3 aromatic carbocycles. The minimum Gasteiger partial charge on any atom is -0.496 e. The molecule has 190 valence electrons. The molecule has 0 fully saturated rings. The normalized spacial score (nSPS) is 11.1. The molecule has 0 aliphatic heterocycles. The van der Waals surface area contributed by atoms with Gasteiger partial charge in [0.1, 0.15) is 12.4 Å². The molecule has 36 heavy (non-hydrogen) atoms. The summed E-state index contributed by atoms with van der Waals surface area (Å²) in [5.74, 6) is -8.37. The highest BCUT2D eigenvalue weighted by Gasteiger charge is 2.21. The Hall–Kier alpha value is -4.15. The van der Waals surface area contributed by atoms with Crippen molar-refractivity contribution in [3.05, 3.63) is 88.5 Å². The number of ketones is 1. The smallest absolute Gasteiger partial charge is 0.387 e. The van der Waals surface area contributed by atoms with Crippen LogP contribution in [0.15, 0.2) is 48.5 Å². The highest BCUT2D eigenvalue weighted by Crippen LogP contribution is 2.31. The molecule has 3 rings (SSSR count). The lowest BCUT2D eigenvalue weighted by Gasteiger charge is -2.13. The molecule has 0 atom stereocenters. The minimum absolute atomic E-state index is 0.0633. The summed E-state index contributed by atoms with van der Waals surface area (Å²) in [6, 6.07) is 8.27. The third-order valence-corrected chi connectivity index (χ3v) is 4.84. The standard InChI is InChI=1S/C25H18F6O5/c1-33-19-7-4-13(9-15(19)12-35-24-22(28)16(26)11-17(27)23(24)29)3-6-18(32)14-5-8-20(36-25(30)31)21(10-14)34-2/h3-11,25H,12H2,1-2H3/b6-3+. The van der Waals surface area contributed by atoms with Gasteiger partial charge < -0.3 is 18.9 Å². The Morgan fingerprint density at radius 2 is 1.50 bits per heavy atom. The fraction of sp³-hybridized carbons (Fsp3) is 0.160. The molecule has 0 amide bonds. The Bertz CT molecular complexity index is 1270. The summed E-state index contributed by atoms with van der Waals surface area (Å²) < 4.78 is 99.0. The van der Waals surface area contributed by atoms with Gasteiger partial charge in [0.2, 0.25) is 11.6 Å². The largest absolute Gasteiger partial charge is 0.496 e. The zero-order valence-electron chi connectivity index (χ0n) is 18.8. The molecule has 0 bridgehead atoms. The SMILES string of the molecule is COc1ccc(/C=C/C(=O)c2ccc(OC(F)F)c(OC)c2)cc1COc1c(F)c(F)cc(F)c1F. The number of carbonyl (C=O) groups is 1. The summed E-state index contributed by atoms with van der Waals surface area (Å²) in [7, 11) is 2.56. The molecule has 0 heterocycles. The lowest BCUT2D eigenvalue weighted by atomic mass is 10.1. The maximum atomic E-state index is 13.9. The van der Waals surface area contributed by atoms with E-state index in [0.29, 0.717) is 5.56 Å². The molecule has 0 unspecified atom stereocenters. The van der Waals surface area contributed by atoms with E-state index in [1.54, 1.807) is 6.07 Å². The summed E-state index contributed by atoms with van der Waals surface area (Å²) in [5, 5.41) is 0. The van der Waals surface area contributed by atoms with E-state index in [0.717, 1.165) is 0 Å². The van der Waals surface area contributed by atoms with Gasteiger partial charge in [-0.15, -0.1) is 0 Å². The molecule has 0 saturated carbocycles. The first-order valence-electron chi connectivity index (χ1n) is 10.1. The van der Waals surface area contributed by atoms with Crippen molar-refractivity contribution in [1.29, 1.82) is 0 Å². The summed E-state index contributed by atoms with van der Waals surface area (Å²) in [5.41, 5.74) is 0.824.